The molecular weight excluding hydrogens is 337 g/mol. The second-order valence-corrected chi connectivity index (χ2v) is 6.34. The van der Waals surface area contributed by atoms with E-state index in [0.717, 1.165) is 25.0 Å². The number of carboxylic acid groups (broad SMARTS) is 1. The zero-order valence-electron chi connectivity index (χ0n) is 13.9. The third-order valence-corrected chi connectivity index (χ3v) is 4.29. The number of amides is 1. The lowest BCUT2D eigenvalue weighted by Gasteiger charge is -2.33. The number of nitrogens with zero attached hydrogens (tertiary/aromatic N) is 1. The molecule has 138 valence electrons. The lowest BCUT2D eigenvalue weighted by Crippen LogP contribution is -2.33. The highest BCUT2D eigenvalue weighted by molar-refractivity contribution is 5.95. The molecule has 0 atom stereocenters. The Kier molecular flexibility index (Phi) is 5.92. The summed E-state index contributed by atoms with van der Waals surface area (Å²) in [5.74, 6) is -1.20. The van der Waals surface area contributed by atoms with Crippen LogP contribution >= 0.6 is 0 Å². The zero-order chi connectivity index (χ0) is 18.6. The molecule has 0 aliphatic carbocycles. The molecule has 1 aliphatic heterocycles. The number of hydrogen-bond acceptors (Lipinski definition) is 3. The first kappa shape index (κ1) is 19.1. The molecule has 0 unspecified atom stereocenters. The molecule has 25 heavy (non-hydrogen) atoms. The number of benzene rings is 1. The van der Waals surface area contributed by atoms with Crippen molar-refractivity contribution in [2.45, 2.75) is 38.8 Å². The second-order valence-electron chi connectivity index (χ2n) is 6.34. The van der Waals surface area contributed by atoms with Crippen LogP contribution in [0.1, 0.15) is 38.2 Å². The van der Waals surface area contributed by atoms with Crippen LogP contribution in [-0.4, -0.2) is 30.1 Å². The van der Waals surface area contributed by atoms with Crippen molar-refractivity contribution in [2.75, 3.05) is 23.3 Å². The second kappa shape index (κ2) is 7.76. The van der Waals surface area contributed by atoms with Crippen molar-refractivity contribution in [2.24, 2.45) is 5.92 Å². The zero-order valence-corrected chi connectivity index (χ0v) is 13.9. The highest BCUT2D eigenvalue weighted by atomic mass is 19.4. The minimum atomic E-state index is -4.52. The maximum atomic E-state index is 13.0. The summed E-state index contributed by atoms with van der Waals surface area (Å²) >= 11 is 0. The first-order valence-electron chi connectivity index (χ1n) is 8.14. The van der Waals surface area contributed by atoms with Crippen molar-refractivity contribution in [1.29, 1.82) is 0 Å². The molecular formula is C17H21F3N2O3. The Hall–Kier alpha value is -2.25. The molecule has 1 aromatic carbocycles. The molecule has 1 aliphatic rings. The SMILES string of the molecule is CC1CCN(c2ccc(C(F)(F)F)cc2NC(=O)CCC(=O)O)CC1. The summed E-state index contributed by atoms with van der Waals surface area (Å²) in [6, 6.07) is 3.28. The Morgan fingerprint density at radius 1 is 1.24 bits per heavy atom. The van der Waals surface area contributed by atoms with Crippen LogP contribution in [0.5, 0.6) is 0 Å². The minimum Gasteiger partial charge on any atom is -0.481 e. The molecule has 2 rings (SSSR count). The van der Waals surface area contributed by atoms with E-state index in [9.17, 15) is 22.8 Å². The van der Waals surface area contributed by atoms with Gasteiger partial charge in [0, 0.05) is 19.5 Å². The van der Waals surface area contributed by atoms with Gasteiger partial charge in [-0.15, -0.1) is 0 Å². The van der Waals surface area contributed by atoms with Crippen LogP contribution in [0.25, 0.3) is 0 Å². The first-order chi connectivity index (χ1) is 11.7. The maximum Gasteiger partial charge on any atom is 0.416 e. The summed E-state index contributed by atoms with van der Waals surface area (Å²) in [7, 11) is 0. The Bertz CT molecular complexity index is 639. The number of anilines is 2. The lowest BCUT2D eigenvalue weighted by atomic mass is 9.98. The van der Waals surface area contributed by atoms with E-state index in [0.29, 0.717) is 24.7 Å². The van der Waals surface area contributed by atoms with Crippen LogP contribution in [0.15, 0.2) is 18.2 Å². The van der Waals surface area contributed by atoms with Gasteiger partial charge in [-0.3, -0.25) is 9.59 Å². The summed E-state index contributed by atoms with van der Waals surface area (Å²) in [6.45, 7) is 3.52. The van der Waals surface area contributed by atoms with Gasteiger partial charge in [-0.2, -0.15) is 13.2 Å². The van der Waals surface area contributed by atoms with Gasteiger partial charge in [0.15, 0.2) is 0 Å². The van der Waals surface area contributed by atoms with E-state index in [1.807, 2.05) is 4.90 Å². The smallest absolute Gasteiger partial charge is 0.416 e. The number of carbonyl (C=O) groups is 2. The van der Waals surface area contributed by atoms with E-state index in [-0.39, 0.29) is 18.5 Å². The van der Waals surface area contributed by atoms with Gasteiger partial charge in [-0.05, 0) is 37.0 Å². The summed E-state index contributed by atoms with van der Waals surface area (Å²) < 4.78 is 38.9. The van der Waals surface area contributed by atoms with Crippen molar-refractivity contribution in [3.63, 3.8) is 0 Å². The third kappa shape index (κ3) is 5.37. The van der Waals surface area contributed by atoms with Crippen molar-refractivity contribution >= 4 is 23.3 Å². The van der Waals surface area contributed by atoms with Gasteiger partial charge < -0.3 is 15.3 Å². The lowest BCUT2D eigenvalue weighted by molar-refractivity contribution is -0.138. The molecule has 2 N–H and O–H groups in total. The van der Waals surface area contributed by atoms with Gasteiger partial charge in [-0.1, -0.05) is 6.92 Å². The molecule has 1 fully saturated rings. The molecule has 1 amide bonds. The number of nitrogens with one attached hydrogen (secondary N) is 1. The topological polar surface area (TPSA) is 69.6 Å². The molecule has 1 saturated heterocycles. The number of carbonyl (C=O) groups excluding carboxylic acids is 1. The molecule has 0 bridgehead atoms. The van der Waals surface area contributed by atoms with Crippen LogP contribution in [0.3, 0.4) is 0 Å². The summed E-state index contributed by atoms with van der Waals surface area (Å²) in [5, 5.41) is 11.1. The standard InChI is InChI=1S/C17H21F3N2O3/c1-11-6-8-22(9-7-11)14-3-2-12(17(18,19)20)10-13(14)21-15(23)4-5-16(24)25/h2-3,10-11H,4-9H2,1H3,(H,21,23)(H,24,25). The van der Waals surface area contributed by atoms with Gasteiger partial charge >= 0.3 is 12.1 Å². The van der Waals surface area contributed by atoms with E-state index in [1.54, 1.807) is 0 Å². The fourth-order valence-electron chi connectivity index (χ4n) is 2.77. The van der Waals surface area contributed by atoms with E-state index in [1.165, 1.54) is 6.07 Å². The first-order valence-corrected chi connectivity index (χ1v) is 8.14. The molecule has 0 aromatic heterocycles. The van der Waals surface area contributed by atoms with Crippen molar-refractivity contribution in [3.05, 3.63) is 23.8 Å². The summed E-state index contributed by atoms with van der Waals surface area (Å²) in [4.78, 5) is 24.4. The molecule has 8 heteroatoms. The number of carboxylic acids is 1. The quantitative estimate of drug-likeness (QED) is 0.841. The fourth-order valence-corrected chi connectivity index (χ4v) is 2.77. The molecule has 0 saturated carbocycles. The highest BCUT2D eigenvalue weighted by Crippen LogP contribution is 2.36. The van der Waals surface area contributed by atoms with Crippen LogP contribution in [0, 0.1) is 5.92 Å². The van der Waals surface area contributed by atoms with Gasteiger partial charge in [0.05, 0.1) is 23.4 Å². The largest absolute Gasteiger partial charge is 0.481 e. The van der Waals surface area contributed by atoms with Crippen LogP contribution < -0.4 is 10.2 Å². The van der Waals surface area contributed by atoms with Gasteiger partial charge in [0.25, 0.3) is 0 Å². The number of piperidine rings is 1. The maximum absolute atomic E-state index is 13.0. The molecule has 0 radical (unpaired) electrons. The van der Waals surface area contributed by atoms with Crippen LogP contribution in [0.4, 0.5) is 24.5 Å². The monoisotopic (exact) mass is 358 g/mol. The normalized spacial score (nSPS) is 15.9. The predicted molar refractivity (Wildman–Crippen MR) is 87.6 cm³/mol. The van der Waals surface area contributed by atoms with E-state index < -0.39 is 23.6 Å². The average molecular weight is 358 g/mol. The average Bonchev–Trinajstić information content (AvgIpc) is 2.53. The summed E-state index contributed by atoms with van der Waals surface area (Å²) in [6.07, 6.45) is -3.33. The number of halogens is 3. The van der Waals surface area contributed by atoms with Crippen LogP contribution in [0.2, 0.25) is 0 Å². The molecule has 0 spiro atoms. The van der Waals surface area contributed by atoms with Crippen molar-refractivity contribution in [3.8, 4) is 0 Å². The van der Waals surface area contributed by atoms with Gasteiger partial charge in [0.2, 0.25) is 5.91 Å². The predicted octanol–water partition coefficient (Wildman–Crippen LogP) is 3.75. The Labute approximate surface area is 143 Å². The van der Waals surface area contributed by atoms with Crippen molar-refractivity contribution < 1.29 is 27.9 Å². The van der Waals surface area contributed by atoms with Crippen LogP contribution in [-0.2, 0) is 15.8 Å². The van der Waals surface area contributed by atoms with Gasteiger partial charge in [-0.25, -0.2) is 0 Å². The van der Waals surface area contributed by atoms with Gasteiger partial charge in [0.1, 0.15) is 0 Å². The molecule has 5 nitrogen and oxygen atoms in total. The van der Waals surface area contributed by atoms with E-state index >= 15 is 0 Å². The fraction of sp³-hybridized carbons (Fsp3) is 0.529. The number of hydrogen-bond donors (Lipinski definition) is 2. The number of aliphatic carboxylic acids is 1. The summed E-state index contributed by atoms with van der Waals surface area (Å²) in [5.41, 5.74) is -0.251. The molecule has 1 aromatic rings. The third-order valence-electron chi connectivity index (χ3n) is 4.29. The van der Waals surface area contributed by atoms with E-state index in [2.05, 4.69) is 12.2 Å². The highest BCUT2D eigenvalue weighted by Gasteiger charge is 2.32. The van der Waals surface area contributed by atoms with Crippen molar-refractivity contribution in [1.82, 2.24) is 0 Å². The number of rotatable bonds is 5. The minimum absolute atomic E-state index is 0.0692. The Morgan fingerprint density at radius 3 is 2.44 bits per heavy atom. The van der Waals surface area contributed by atoms with E-state index in [4.69, 9.17) is 5.11 Å². The molecule has 1 heterocycles. The Morgan fingerprint density at radius 2 is 1.88 bits per heavy atom. The number of alkyl halides is 3. The Balaban J connectivity index is 2.25.